The fraction of sp³-hybridized carbons (Fsp3) is 0.600. The van der Waals surface area contributed by atoms with Crippen LogP contribution in [0.4, 0.5) is 5.13 Å². The second-order valence-electron chi connectivity index (χ2n) is 8.80. The number of β-amino-alcohol motifs (C(OH)–C–C–N with tert-alkyl or cyclic N) is 1. The number of aliphatic hydroxyl groups is 2. The lowest BCUT2D eigenvalue weighted by molar-refractivity contribution is -0.163. The van der Waals surface area contributed by atoms with E-state index < -0.39 is 24.1 Å². The average Bonchev–Trinajstić information content (AvgIpc) is 3.23. The summed E-state index contributed by atoms with van der Waals surface area (Å²) in [7, 11) is 0. The van der Waals surface area contributed by atoms with Crippen molar-refractivity contribution in [1.29, 1.82) is 0 Å². The first-order chi connectivity index (χ1) is 15.2. The lowest BCUT2D eigenvalue weighted by Crippen LogP contribution is -2.63. The van der Waals surface area contributed by atoms with E-state index in [0.717, 1.165) is 5.13 Å². The lowest BCUT2D eigenvalue weighted by Gasteiger charge is -2.46. The number of carbonyl (C=O) groups excluding carboxylic acids is 2. The highest BCUT2D eigenvalue weighted by atomic mass is 32.2. The predicted octanol–water partition coefficient (Wildman–Crippen LogP) is 0.0353. The minimum atomic E-state index is -1.12. The Morgan fingerprint density at radius 3 is 2.56 bits per heavy atom. The third-order valence-electron chi connectivity index (χ3n) is 6.58. The fourth-order valence-electron chi connectivity index (χ4n) is 4.82. The van der Waals surface area contributed by atoms with Gasteiger partial charge in [-0.1, -0.05) is 6.92 Å². The van der Waals surface area contributed by atoms with Gasteiger partial charge in [0.1, 0.15) is 11.4 Å². The summed E-state index contributed by atoms with van der Waals surface area (Å²) in [6, 6.07) is -0.306. The first-order valence-corrected chi connectivity index (χ1v) is 12.3. The van der Waals surface area contributed by atoms with E-state index in [1.54, 1.807) is 17.2 Å². The molecule has 0 aromatic carbocycles. The Morgan fingerprint density at radius 2 is 1.97 bits per heavy atom. The van der Waals surface area contributed by atoms with Crippen molar-refractivity contribution < 1.29 is 29.7 Å². The number of β-lactam (4-membered cyclic amide) rings is 1. The minimum Gasteiger partial charge on any atom is -0.477 e. The number of aliphatic hydroxyl groups excluding tert-OH is 2. The number of fused-ring (bicyclic) bond motifs is 1. The molecule has 0 spiro atoms. The Hall–Kier alpha value is -2.15. The summed E-state index contributed by atoms with van der Waals surface area (Å²) >= 11 is 2.88. The normalized spacial score (nSPS) is 28.9. The van der Waals surface area contributed by atoms with Crippen molar-refractivity contribution in [2.75, 3.05) is 31.1 Å². The highest BCUT2D eigenvalue weighted by molar-refractivity contribution is 8.03. The number of amides is 2. The van der Waals surface area contributed by atoms with Gasteiger partial charge in [0, 0.05) is 47.6 Å². The zero-order valence-electron chi connectivity index (χ0n) is 17.5. The molecule has 5 heterocycles. The molecule has 0 unspecified atom stereocenters. The van der Waals surface area contributed by atoms with Crippen LogP contribution >= 0.6 is 23.1 Å². The van der Waals surface area contributed by atoms with Crippen LogP contribution in [0.2, 0.25) is 0 Å². The van der Waals surface area contributed by atoms with Gasteiger partial charge in [0.2, 0.25) is 5.91 Å². The van der Waals surface area contributed by atoms with Crippen LogP contribution in [0.3, 0.4) is 0 Å². The van der Waals surface area contributed by atoms with Gasteiger partial charge in [-0.2, -0.15) is 0 Å². The predicted molar refractivity (Wildman–Crippen MR) is 117 cm³/mol. The van der Waals surface area contributed by atoms with Gasteiger partial charge in [-0.15, -0.1) is 23.1 Å². The molecule has 0 saturated carbocycles. The molecule has 10 nitrogen and oxygen atoms in total. The average molecular weight is 481 g/mol. The first kappa shape index (κ1) is 21.7. The van der Waals surface area contributed by atoms with Crippen LogP contribution < -0.4 is 4.90 Å². The molecule has 32 heavy (non-hydrogen) atoms. The SMILES string of the molecule is C[C@@H](O)[C@H]1C(=O)N2C(C(=O)O)=C(SC3CN(c4nc(C(=O)N5CC(O)C5)cs4)C3)[C@H](C)[C@H]12. The molecular weight excluding hydrogens is 456 g/mol. The van der Waals surface area contributed by atoms with Gasteiger partial charge >= 0.3 is 5.97 Å². The summed E-state index contributed by atoms with van der Waals surface area (Å²) in [6.07, 6.45) is -1.27. The van der Waals surface area contributed by atoms with Crippen LogP contribution in [0.15, 0.2) is 16.0 Å². The standard InChI is InChI=1S/C20H24N4O6S2/c1-8-14-13(9(2)25)18(28)24(14)15(19(29)30)16(8)32-11-5-23(6-11)20-21-12(7-31-20)17(27)22-3-10(26)4-22/h7-11,13-14,25-26H,3-6H2,1-2H3,(H,29,30)/t8-,9-,13-,14-/m1/s1. The van der Waals surface area contributed by atoms with Crippen LogP contribution in [-0.2, 0) is 9.59 Å². The maximum atomic E-state index is 12.4. The number of rotatable bonds is 6. The van der Waals surface area contributed by atoms with Crippen molar-refractivity contribution in [1.82, 2.24) is 14.8 Å². The van der Waals surface area contributed by atoms with Crippen LogP contribution in [0.1, 0.15) is 24.3 Å². The van der Waals surface area contributed by atoms with Crippen LogP contribution in [0, 0.1) is 11.8 Å². The molecule has 3 saturated heterocycles. The Labute approximate surface area is 192 Å². The zero-order chi connectivity index (χ0) is 22.9. The first-order valence-electron chi connectivity index (χ1n) is 10.5. The van der Waals surface area contributed by atoms with E-state index in [1.165, 1.54) is 28.0 Å². The van der Waals surface area contributed by atoms with E-state index in [1.807, 2.05) is 11.8 Å². The highest BCUT2D eigenvalue weighted by Gasteiger charge is 2.60. The van der Waals surface area contributed by atoms with E-state index in [-0.39, 0.29) is 34.7 Å². The number of hydrogen-bond donors (Lipinski definition) is 3. The number of aromatic nitrogens is 1. The molecule has 0 radical (unpaired) electrons. The molecule has 2 amide bonds. The molecule has 4 aliphatic heterocycles. The van der Waals surface area contributed by atoms with Crippen LogP contribution in [0.25, 0.3) is 0 Å². The number of aliphatic carboxylic acids is 1. The Morgan fingerprint density at radius 1 is 1.28 bits per heavy atom. The molecule has 4 atom stereocenters. The Bertz CT molecular complexity index is 1010. The maximum absolute atomic E-state index is 12.4. The van der Waals surface area contributed by atoms with Gasteiger partial charge in [-0.3, -0.25) is 9.59 Å². The molecule has 1 aromatic rings. The molecule has 0 bridgehead atoms. The molecule has 0 aliphatic carbocycles. The van der Waals surface area contributed by atoms with Crippen molar-refractivity contribution in [2.45, 2.75) is 37.3 Å². The van der Waals surface area contributed by atoms with E-state index in [9.17, 15) is 29.7 Å². The van der Waals surface area contributed by atoms with Crippen molar-refractivity contribution in [3.63, 3.8) is 0 Å². The fourth-order valence-corrected chi connectivity index (χ4v) is 7.16. The second kappa shape index (κ2) is 7.72. The number of thioether (sulfide) groups is 1. The lowest BCUT2D eigenvalue weighted by atomic mass is 9.79. The molecule has 1 aromatic heterocycles. The third-order valence-corrected chi connectivity index (χ3v) is 8.94. The topological polar surface area (TPSA) is 135 Å². The Balaban J connectivity index is 1.23. The minimum absolute atomic E-state index is 0.0479. The van der Waals surface area contributed by atoms with Crippen molar-refractivity contribution in [3.8, 4) is 0 Å². The summed E-state index contributed by atoms with van der Waals surface area (Å²) in [6.45, 7) is 5.48. The zero-order valence-corrected chi connectivity index (χ0v) is 19.2. The number of anilines is 1. The number of carbonyl (C=O) groups is 3. The van der Waals surface area contributed by atoms with Gasteiger partial charge in [0.15, 0.2) is 5.13 Å². The summed E-state index contributed by atoms with van der Waals surface area (Å²) < 4.78 is 0. The second-order valence-corrected chi connectivity index (χ2v) is 11.0. The smallest absolute Gasteiger partial charge is 0.353 e. The molecule has 172 valence electrons. The summed E-state index contributed by atoms with van der Waals surface area (Å²) in [5, 5.41) is 31.7. The highest BCUT2D eigenvalue weighted by Crippen LogP contribution is 2.52. The van der Waals surface area contributed by atoms with Gasteiger partial charge in [-0.25, -0.2) is 9.78 Å². The summed E-state index contributed by atoms with van der Waals surface area (Å²) in [5.74, 6) is -2.32. The number of nitrogens with zero attached hydrogens (tertiary/aromatic N) is 4. The summed E-state index contributed by atoms with van der Waals surface area (Å²) in [5.41, 5.74) is 0.423. The van der Waals surface area contributed by atoms with Gasteiger partial charge in [0.25, 0.3) is 5.91 Å². The number of carboxylic acid groups (broad SMARTS) is 1. The number of thiazole rings is 1. The number of hydrogen-bond acceptors (Lipinski definition) is 9. The van der Waals surface area contributed by atoms with E-state index >= 15 is 0 Å². The monoisotopic (exact) mass is 480 g/mol. The molecular formula is C20H24N4O6S2. The largest absolute Gasteiger partial charge is 0.477 e. The Kier molecular flexibility index (Phi) is 5.23. The quantitative estimate of drug-likeness (QED) is 0.482. The molecule has 4 aliphatic rings. The van der Waals surface area contributed by atoms with Crippen LogP contribution in [0.5, 0.6) is 0 Å². The van der Waals surface area contributed by atoms with Crippen molar-refractivity contribution >= 4 is 46.0 Å². The van der Waals surface area contributed by atoms with Crippen molar-refractivity contribution in [2.24, 2.45) is 11.8 Å². The van der Waals surface area contributed by atoms with E-state index in [4.69, 9.17) is 0 Å². The molecule has 5 rings (SSSR count). The van der Waals surface area contributed by atoms with E-state index in [2.05, 4.69) is 4.98 Å². The molecule has 3 fully saturated rings. The van der Waals surface area contributed by atoms with Crippen molar-refractivity contribution in [3.05, 3.63) is 21.7 Å². The molecule has 3 N–H and O–H groups in total. The van der Waals surface area contributed by atoms with Gasteiger partial charge in [0.05, 0.1) is 24.2 Å². The number of likely N-dealkylation sites (tertiary alicyclic amines) is 1. The maximum Gasteiger partial charge on any atom is 0.353 e. The van der Waals surface area contributed by atoms with Gasteiger partial charge < -0.3 is 30.0 Å². The molecule has 12 heteroatoms. The van der Waals surface area contributed by atoms with Crippen LogP contribution in [-0.4, -0.2) is 97.6 Å². The summed E-state index contributed by atoms with van der Waals surface area (Å²) in [4.78, 5) is 46.8. The van der Waals surface area contributed by atoms with E-state index in [0.29, 0.717) is 36.8 Å². The number of carboxylic acids is 1. The third kappa shape index (κ3) is 3.23. The van der Waals surface area contributed by atoms with Gasteiger partial charge in [-0.05, 0) is 6.92 Å².